The molecule has 1 aliphatic rings. The SMILES string of the molecule is NC(=O)C1CNCCN1C(=O)c1ccc2ccccc2n1. The monoisotopic (exact) mass is 284 g/mol. The van der Waals surface area contributed by atoms with Crippen LogP contribution in [-0.4, -0.2) is 47.4 Å². The predicted octanol–water partition coefficient (Wildman–Crippen LogP) is 0.134. The molecule has 1 aliphatic heterocycles. The van der Waals surface area contributed by atoms with Gasteiger partial charge in [-0.25, -0.2) is 4.98 Å². The van der Waals surface area contributed by atoms with E-state index < -0.39 is 11.9 Å². The van der Waals surface area contributed by atoms with Crippen molar-refractivity contribution in [3.05, 3.63) is 42.1 Å². The van der Waals surface area contributed by atoms with Crippen molar-refractivity contribution in [1.82, 2.24) is 15.2 Å². The molecule has 3 rings (SSSR count). The van der Waals surface area contributed by atoms with E-state index in [4.69, 9.17) is 5.73 Å². The summed E-state index contributed by atoms with van der Waals surface area (Å²) in [5, 5.41) is 4.04. The van der Waals surface area contributed by atoms with Gasteiger partial charge in [0, 0.05) is 25.0 Å². The maximum Gasteiger partial charge on any atom is 0.273 e. The number of nitrogens with one attached hydrogen (secondary N) is 1. The summed E-state index contributed by atoms with van der Waals surface area (Å²) in [6.07, 6.45) is 0. The number of piperazine rings is 1. The van der Waals surface area contributed by atoms with Gasteiger partial charge in [0.15, 0.2) is 0 Å². The molecule has 6 heteroatoms. The number of carbonyl (C=O) groups excluding carboxylic acids is 2. The molecule has 1 atom stereocenters. The summed E-state index contributed by atoms with van der Waals surface area (Å²) in [4.78, 5) is 29.9. The lowest BCUT2D eigenvalue weighted by atomic mass is 10.1. The van der Waals surface area contributed by atoms with Gasteiger partial charge in [-0.1, -0.05) is 24.3 Å². The van der Waals surface area contributed by atoms with Crippen LogP contribution in [0.5, 0.6) is 0 Å². The molecule has 0 bridgehead atoms. The van der Waals surface area contributed by atoms with Crippen LogP contribution in [0, 0.1) is 0 Å². The minimum Gasteiger partial charge on any atom is -0.368 e. The average molecular weight is 284 g/mol. The lowest BCUT2D eigenvalue weighted by Gasteiger charge is -2.33. The molecule has 6 nitrogen and oxygen atoms in total. The van der Waals surface area contributed by atoms with E-state index in [-0.39, 0.29) is 5.91 Å². The van der Waals surface area contributed by atoms with Crippen molar-refractivity contribution in [1.29, 1.82) is 0 Å². The maximum atomic E-state index is 12.6. The van der Waals surface area contributed by atoms with Crippen LogP contribution < -0.4 is 11.1 Å². The van der Waals surface area contributed by atoms with Gasteiger partial charge in [0.05, 0.1) is 5.52 Å². The number of pyridine rings is 1. The molecule has 1 aromatic carbocycles. The molecule has 1 unspecified atom stereocenters. The van der Waals surface area contributed by atoms with Crippen LogP contribution in [0.1, 0.15) is 10.5 Å². The zero-order valence-electron chi connectivity index (χ0n) is 11.5. The average Bonchev–Trinajstić information content (AvgIpc) is 2.53. The number of carbonyl (C=O) groups is 2. The van der Waals surface area contributed by atoms with Gasteiger partial charge < -0.3 is 16.0 Å². The molecule has 1 saturated heterocycles. The van der Waals surface area contributed by atoms with E-state index in [0.717, 1.165) is 10.9 Å². The quantitative estimate of drug-likeness (QED) is 0.820. The lowest BCUT2D eigenvalue weighted by molar-refractivity contribution is -0.122. The number of rotatable bonds is 2. The Labute approximate surface area is 121 Å². The molecule has 2 heterocycles. The van der Waals surface area contributed by atoms with E-state index in [2.05, 4.69) is 10.3 Å². The fraction of sp³-hybridized carbons (Fsp3) is 0.267. The molecular weight excluding hydrogens is 268 g/mol. The summed E-state index contributed by atoms with van der Waals surface area (Å²) in [5.41, 5.74) is 6.46. The molecule has 3 N–H and O–H groups in total. The fourth-order valence-electron chi connectivity index (χ4n) is 2.53. The van der Waals surface area contributed by atoms with Crippen LogP contribution in [0.15, 0.2) is 36.4 Å². The van der Waals surface area contributed by atoms with Crippen LogP contribution in [0.25, 0.3) is 10.9 Å². The topological polar surface area (TPSA) is 88.3 Å². The molecular formula is C15H16N4O2. The Hall–Kier alpha value is -2.47. The second kappa shape index (κ2) is 5.49. The summed E-state index contributed by atoms with van der Waals surface area (Å²) in [5.74, 6) is -0.762. The van der Waals surface area contributed by atoms with Gasteiger partial charge in [0.25, 0.3) is 5.91 Å². The molecule has 0 saturated carbocycles. The Morgan fingerprint density at radius 2 is 2.05 bits per heavy atom. The lowest BCUT2D eigenvalue weighted by Crippen LogP contribution is -2.58. The van der Waals surface area contributed by atoms with E-state index in [1.807, 2.05) is 30.3 Å². The zero-order chi connectivity index (χ0) is 14.8. The highest BCUT2D eigenvalue weighted by Gasteiger charge is 2.31. The summed E-state index contributed by atoms with van der Waals surface area (Å²) in [6, 6.07) is 10.5. The molecule has 2 amide bonds. The van der Waals surface area contributed by atoms with Gasteiger partial charge in [-0.05, 0) is 12.1 Å². The van der Waals surface area contributed by atoms with E-state index in [1.165, 1.54) is 4.90 Å². The predicted molar refractivity (Wildman–Crippen MR) is 78.6 cm³/mol. The second-order valence-electron chi connectivity index (χ2n) is 5.01. The number of amides is 2. The van der Waals surface area contributed by atoms with Gasteiger partial charge >= 0.3 is 0 Å². The minimum absolute atomic E-state index is 0.258. The van der Waals surface area contributed by atoms with Crippen LogP contribution in [0.2, 0.25) is 0 Å². The van der Waals surface area contributed by atoms with Crippen molar-refractivity contribution in [3.63, 3.8) is 0 Å². The molecule has 0 radical (unpaired) electrons. The van der Waals surface area contributed by atoms with Crippen molar-refractivity contribution < 1.29 is 9.59 Å². The Bertz CT molecular complexity index is 701. The third-order valence-corrected chi connectivity index (χ3v) is 3.65. The van der Waals surface area contributed by atoms with Gasteiger partial charge in [-0.3, -0.25) is 9.59 Å². The molecule has 21 heavy (non-hydrogen) atoms. The summed E-state index contributed by atoms with van der Waals surface area (Å²) < 4.78 is 0. The number of benzene rings is 1. The smallest absolute Gasteiger partial charge is 0.273 e. The summed E-state index contributed by atoms with van der Waals surface area (Å²) >= 11 is 0. The molecule has 1 aromatic heterocycles. The Kier molecular flexibility index (Phi) is 3.53. The molecule has 0 spiro atoms. The molecule has 0 aliphatic carbocycles. The molecule has 108 valence electrons. The van der Waals surface area contributed by atoms with Crippen molar-refractivity contribution >= 4 is 22.7 Å². The highest BCUT2D eigenvalue weighted by Crippen LogP contribution is 2.14. The van der Waals surface area contributed by atoms with E-state index in [1.54, 1.807) is 6.07 Å². The minimum atomic E-state index is -0.625. The van der Waals surface area contributed by atoms with Gasteiger partial charge in [-0.2, -0.15) is 0 Å². The van der Waals surface area contributed by atoms with Crippen LogP contribution >= 0.6 is 0 Å². The Morgan fingerprint density at radius 3 is 2.86 bits per heavy atom. The Balaban J connectivity index is 1.93. The molecule has 2 aromatic rings. The first-order valence-corrected chi connectivity index (χ1v) is 6.83. The zero-order valence-corrected chi connectivity index (χ0v) is 11.5. The number of primary amides is 1. The van der Waals surface area contributed by atoms with Crippen molar-refractivity contribution in [2.75, 3.05) is 19.6 Å². The normalized spacial score (nSPS) is 18.7. The van der Waals surface area contributed by atoms with E-state index >= 15 is 0 Å². The maximum absolute atomic E-state index is 12.6. The summed E-state index contributed by atoms with van der Waals surface area (Å²) in [6.45, 7) is 1.47. The van der Waals surface area contributed by atoms with Crippen molar-refractivity contribution in [2.45, 2.75) is 6.04 Å². The molecule has 1 fully saturated rings. The highest BCUT2D eigenvalue weighted by molar-refractivity contribution is 5.97. The third kappa shape index (κ3) is 2.57. The van der Waals surface area contributed by atoms with Crippen LogP contribution in [-0.2, 0) is 4.79 Å². The number of aromatic nitrogens is 1. The van der Waals surface area contributed by atoms with Crippen LogP contribution in [0.4, 0.5) is 0 Å². The standard InChI is InChI=1S/C15H16N4O2/c16-14(20)13-9-17-7-8-19(13)15(21)12-6-5-10-3-1-2-4-11(10)18-12/h1-6,13,17H,7-9H2,(H2,16,20). The van der Waals surface area contributed by atoms with Gasteiger partial charge in [0.2, 0.25) is 5.91 Å². The second-order valence-corrected chi connectivity index (χ2v) is 5.01. The van der Waals surface area contributed by atoms with Crippen LogP contribution in [0.3, 0.4) is 0 Å². The first-order chi connectivity index (χ1) is 10.2. The van der Waals surface area contributed by atoms with E-state index in [9.17, 15) is 9.59 Å². The Morgan fingerprint density at radius 1 is 1.24 bits per heavy atom. The number of fused-ring (bicyclic) bond motifs is 1. The van der Waals surface area contributed by atoms with Gasteiger partial charge in [0.1, 0.15) is 11.7 Å². The fourth-order valence-corrected chi connectivity index (χ4v) is 2.53. The van der Waals surface area contributed by atoms with Crippen molar-refractivity contribution in [3.8, 4) is 0 Å². The third-order valence-electron chi connectivity index (χ3n) is 3.65. The largest absolute Gasteiger partial charge is 0.368 e. The number of para-hydroxylation sites is 1. The number of nitrogens with two attached hydrogens (primary N) is 1. The number of hydrogen-bond donors (Lipinski definition) is 2. The number of hydrogen-bond acceptors (Lipinski definition) is 4. The number of nitrogens with zero attached hydrogens (tertiary/aromatic N) is 2. The highest BCUT2D eigenvalue weighted by atomic mass is 16.2. The first kappa shape index (κ1) is 13.5. The van der Waals surface area contributed by atoms with E-state index in [0.29, 0.717) is 25.3 Å². The first-order valence-electron chi connectivity index (χ1n) is 6.83. The summed E-state index contributed by atoms with van der Waals surface area (Å²) in [7, 11) is 0. The van der Waals surface area contributed by atoms with Crippen molar-refractivity contribution in [2.24, 2.45) is 5.73 Å². The van der Waals surface area contributed by atoms with Gasteiger partial charge in [-0.15, -0.1) is 0 Å².